The van der Waals surface area contributed by atoms with Crippen molar-refractivity contribution < 1.29 is 9.84 Å². The van der Waals surface area contributed by atoms with E-state index in [1.165, 1.54) is 19.3 Å². The van der Waals surface area contributed by atoms with E-state index >= 15 is 0 Å². The van der Waals surface area contributed by atoms with Crippen molar-refractivity contribution in [1.29, 1.82) is 0 Å². The maximum atomic E-state index is 9.47. The van der Waals surface area contributed by atoms with E-state index in [1.54, 1.807) is 13.3 Å². The van der Waals surface area contributed by atoms with Gasteiger partial charge >= 0.3 is 0 Å². The number of aliphatic hydroxyl groups is 1. The second-order valence-electron chi connectivity index (χ2n) is 6.14. The number of fused-ring (bicyclic) bond motifs is 1. The number of hydrogen-bond donors (Lipinski definition) is 3. The molecule has 2 rings (SSSR count). The molecule has 5 heteroatoms. The molecule has 5 nitrogen and oxygen atoms in total. The second-order valence-corrected chi connectivity index (χ2v) is 6.14. The number of ether oxygens (including phenoxy) is 1. The summed E-state index contributed by atoms with van der Waals surface area (Å²) >= 11 is 0. The van der Waals surface area contributed by atoms with E-state index in [0.717, 1.165) is 54.0 Å². The second kappa shape index (κ2) is 13.4. The number of rotatable bonds is 10. The molecule has 0 atom stereocenters. The molecule has 0 radical (unpaired) electrons. The van der Waals surface area contributed by atoms with Gasteiger partial charge in [-0.1, -0.05) is 40.0 Å². The Bertz CT molecular complexity index is 630. The molecule has 1 aromatic heterocycles. The fourth-order valence-corrected chi connectivity index (χ4v) is 2.70. The summed E-state index contributed by atoms with van der Waals surface area (Å²) in [5, 5.41) is 17.0. The highest BCUT2D eigenvalue weighted by molar-refractivity contribution is 5.94. The SMILES string of the molecule is CCCCCCNc1cc(OC)cc2c(CO)ccnc12.CCNCC. The molecule has 0 bridgehead atoms. The van der Waals surface area contributed by atoms with Crippen molar-refractivity contribution in [3.63, 3.8) is 0 Å². The van der Waals surface area contributed by atoms with Gasteiger partial charge in [0.15, 0.2) is 0 Å². The van der Waals surface area contributed by atoms with Gasteiger partial charge in [0.05, 0.1) is 24.9 Å². The summed E-state index contributed by atoms with van der Waals surface area (Å²) in [5.41, 5.74) is 2.72. The molecule has 0 unspecified atom stereocenters. The number of benzene rings is 1. The van der Waals surface area contributed by atoms with Gasteiger partial charge in [0.25, 0.3) is 0 Å². The monoisotopic (exact) mass is 361 g/mol. The molecule has 0 spiro atoms. The lowest BCUT2D eigenvalue weighted by atomic mass is 10.1. The lowest BCUT2D eigenvalue weighted by molar-refractivity contribution is 0.283. The zero-order valence-electron chi connectivity index (χ0n) is 16.8. The van der Waals surface area contributed by atoms with Gasteiger partial charge in [0.2, 0.25) is 0 Å². The van der Waals surface area contributed by atoms with Crippen LogP contribution < -0.4 is 15.4 Å². The Hall–Kier alpha value is -1.85. The summed E-state index contributed by atoms with van der Waals surface area (Å²) in [4.78, 5) is 4.45. The molecular weight excluding hydrogens is 326 g/mol. The van der Waals surface area contributed by atoms with Crippen molar-refractivity contribution in [1.82, 2.24) is 10.3 Å². The van der Waals surface area contributed by atoms with Gasteiger partial charge in [0.1, 0.15) is 5.75 Å². The third-order valence-corrected chi connectivity index (χ3v) is 4.16. The minimum atomic E-state index is 0.00211. The number of methoxy groups -OCH3 is 1. The van der Waals surface area contributed by atoms with E-state index in [1.807, 2.05) is 18.2 Å². The third kappa shape index (κ3) is 7.18. The molecule has 3 N–H and O–H groups in total. The van der Waals surface area contributed by atoms with Gasteiger partial charge in [-0.05, 0) is 37.2 Å². The lowest BCUT2D eigenvalue weighted by Crippen LogP contribution is -2.09. The molecule has 0 aliphatic carbocycles. The molecule has 1 aromatic carbocycles. The minimum absolute atomic E-state index is 0.00211. The molecule has 0 aliphatic heterocycles. The van der Waals surface area contributed by atoms with Crippen LogP contribution in [0.4, 0.5) is 5.69 Å². The molecule has 0 saturated carbocycles. The quantitative estimate of drug-likeness (QED) is 0.549. The van der Waals surface area contributed by atoms with Crippen LogP contribution in [0.1, 0.15) is 52.0 Å². The van der Waals surface area contributed by atoms with Gasteiger partial charge in [-0.2, -0.15) is 0 Å². The number of pyridine rings is 1. The number of anilines is 1. The van der Waals surface area contributed by atoms with Crippen LogP contribution in [0.2, 0.25) is 0 Å². The summed E-state index contributed by atoms with van der Waals surface area (Å²) < 4.78 is 5.36. The Balaban J connectivity index is 0.000000597. The largest absolute Gasteiger partial charge is 0.497 e. The van der Waals surface area contributed by atoms with E-state index in [-0.39, 0.29) is 6.61 Å². The Kier molecular flexibility index (Phi) is 11.4. The van der Waals surface area contributed by atoms with E-state index in [9.17, 15) is 5.11 Å². The molecule has 146 valence electrons. The minimum Gasteiger partial charge on any atom is -0.497 e. The lowest BCUT2D eigenvalue weighted by Gasteiger charge is -2.13. The molecule has 2 aromatic rings. The molecular formula is C21H35N3O2. The van der Waals surface area contributed by atoms with Gasteiger partial charge in [0, 0.05) is 24.2 Å². The average Bonchev–Trinajstić information content (AvgIpc) is 2.68. The van der Waals surface area contributed by atoms with Crippen molar-refractivity contribution in [2.45, 2.75) is 53.1 Å². The van der Waals surface area contributed by atoms with Crippen LogP contribution in [0.25, 0.3) is 10.9 Å². The van der Waals surface area contributed by atoms with Crippen LogP contribution in [0.15, 0.2) is 24.4 Å². The van der Waals surface area contributed by atoms with Crippen molar-refractivity contribution in [3.05, 3.63) is 30.0 Å². The maximum absolute atomic E-state index is 9.47. The van der Waals surface area contributed by atoms with Crippen LogP contribution in [0.5, 0.6) is 5.75 Å². The molecule has 26 heavy (non-hydrogen) atoms. The molecule has 0 aliphatic rings. The Morgan fingerprint density at radius 1 is 1.08 bits per heavy atom. The summed E-state index contributed by atoms with van der Waals surface area (Å²) in [7, 11) is 1.65. The van der Waals surface area contributed by atoms with Crippen molar-refractivity contribution in [3.8, 4) is 5.75 Å². The van der Waals surface area contributed by atoms with Crippen molar-refractivity contribution >= 4 is 16.6 Å². The predicted molar refractivity (Wildman–Crippen MR) is 111 cm³/mol. The zero-order valence-corrected chi connectivity index (χ0v) is 16.8. The van der Waals surface area contributed by atoms with Crippen LogP contribution in [0, 0.1) is 0 Å². The molecule has 0 saturated heterocycles. The van der Waals surface area contributed by atoms with Crippen molar-refractivity contribution in [2.75, 3.05) is 32.1 Å². The summed E-state index contributed by atoms with van der Waals surface area (Å²) in [6.45, 7) is 9.53. The van der Waals surface area contributed by atoms with Crippen molar-refractivity contribution in [2.24, 2.45) is 0 Å². The third-order valence-electron chi connectivity index (χ3n) is 4.16. The highest BCUT2D eigenvalue weighted by Gasteiger charge is 2.09. The summed E-state index contributed by atoms with van der Waals surface area (Å²) in [6.07, 6.45) is 6.63. The first-order chi connectivity index (χ1) is 12.7. The molecule has 0 amide bonds. The number of nitrogens with zero attached hydrogens (tertiary/aromatic N) is 1. The first-order valence-corrected chi connectivity index (χ1v) is 9.72. The Labute approximate surface area is 158 Å². The molecule has 1 heterocycles. The average molecular weight is 362 g/mol. The Morgan fingerprint density at radius 3 is 2.42 bits per heavy atom. The van der Waals surface area contributed by atoms with Crippen LogP contribution in [-0.4, -0.2) is 36.8 Å². The number of aromatic nitrogens is 1. The van der Waals surface area contributed by atoms with Crippen LogP contribution in [-0.2, 0) is 6.61 Å². The number of nitrogens with one attached hydrogen (secondary N) is 2. The summed E-state index contributed by atoms with van der Waals surface area (Å²) in [6, 6.07) is 5.74. The standard InChI is InChI=1S/C17H24N2O2.C4H11N/c1-3-4-5-6-8-18-16-11-14(21-2)10-15-13(12-20)7-9-19-17(15)16;1-3-5-4-2/h7,9-11,18,20H,3-6,8,12H2,1-2H3;5H,3-4H2,1-2H3. The van der Waals surface area contributed by atoms with Gasteiger partial charge in [-0.3, -0.25) is 4.98 Å². The number of hydrogen-bond acceptors (Lipinski definition) is 5. The van der Waals surface area contributed by atoms with E-state index < -0.39 is 0 Å². The fraction of sp³-hybridized carbons (Fsp3) is 0.571. The predicted octanol–water partition coefficient (Wildman–Crippen LogP) is 4.34. The fourth-order valence-electron chi connectivity index (χ4n) is 2.70. The maximum Gasteiger partial charge on any atom is 0.121 e. The van der Waals surface area contributed by atoms with Gasteiger partial charge in [-0.25, -0.2) is 0 Å². The molecule has 0 fully saturated rings. The van der Waals surface area contributed by atoms with Crippen LogP contribution in [0.3, 0.4) is 0 Å². The van der Waals surface area contributed by atoms with E-state index in [0.29, 0.717) is 0 Å². The highest BCUT2D eigenvalue weighted by atomic mass is 16.5. The summed E-state index contributed by atoms with van der Waals surface area (Å²) in [5.74, 6) is 0.779. The first kappa shape index (κ1) is 22.2. The topological polar surface area (TPSA) is 66.4 Å². The van der Waals surface area contributed by atoms with Gasteiger partial charge in [-0.15, -0.1) is 0 Å². The van der Waals surface area contributed by atoms with Gasteiger partial charge < -0.3 is 20.5 Å². The van der Waals surface area contributed by atoms with Crippen LogP contribution >= 0.6 is 0 Å². The van der Waals surface area contributed by atoms with E-state index in [2.05, 4.69) is 36.4 Å². The highest BCUT2D eigenvalue weighted by Crippen LogP contribution is 2.30. The number of unbranched alkanes of at least 4 members (excludes halogenated alkanes) is 3. The van der Waals surface area contributed by atoms with E-state index in [4.69, 9.17) is 4.74 Å². The Morgan fingerprint density at radius 2 is 1.85 bits per heavy atom. The normalized spacial score (nSPS) is 10.3. The first-order valence-electron chi connectivity index (χ1n) is 9.72. The smallest absolute Gasteiger partial charge is 0.121 e. The zero-order chi connectivity index (χ0) is 19.2. The number of aliphatic hydroxyl groups excluding tert-OH is 1.